The van der Waals surface area contributed by atoms with Gasteiger partial charge in [-0.25, -0.2) is 4.79 Å². The van der Waals surface area contributed by atoms with Crippen molar-refractivity contribution in [2.24, 2.45) is 0 Å². The van der Waals surface area contributed by atoms with Gasteiger partial charge in [-0.15, -0.1) is 0 Å². The van der Waals surface area contributed by atoms with E-state index in [1.54, 1.807) is 6.20 Å². The van der Waals surface area contributed by atoms with Crippen LogP contribution in [0, 0.1) is 0 Å². The number of hydrogen-bond donors (Lipinski definition) is 3. The van der Waals surface area contributed by atoms with Gasteiger partial charge < -0.3 is 10.6 Å². The SMILES string of the molecule is CC(CNC(=O)NCc1ccn[nH]1)N1CCc2ccccc2C1. The number of carbonyl (C=O) groups excluding carboxylic acids is 1. The van der Waals surface area contributed by atoms with E-state index in [9.17, 15) is 4.79 Å². The molecule has 0 fully saturated rings. The summed E-state index contributed by atoms with van der Waals surface area (Å²) in [4.78, 5) is 14.3. The molecule has 0 saturated heterocycles. The van der Waals surface area contributed by atoms with Crippen molar-refractivity contribution in [2.45, 2.75) is 32.5 Å². The predicted molar refractivity (Wildman–Crippen MR) is 88.8 cm³/mol. The highest BCUT2D eigenvalue weighted by molar-refractivity contribution is 5.73. The summed E-state index contributed by atoms with van der Waals surface area (Å²) in [6.45, 7) is 5.24. The Kier molecular flexibility index (Phi) is 4.92. The van der Waals surface area contributed by atoms with Crippen LogP contribution < -0.4 is 10.6 Å². The third-order valence-electron chi connectivity index (χ3n) is 4.34. The molecule has 0 spiro atoms. The second-order valence-electron chi connectivity index (χ2n) is 5.98. The van der Waals surface area contributed by atoms with Crippen LogP contribution in [0.15, 0.2) is 36.5 Å². The van der Waals surface area contributed by atoms with E-state index in [0.717, 1.165) is 25.2 Å². The van der Waals surface area contributed by atoms with Gasteiger partial charge in [-0.05, 0) is 30.5 Å². The molecule has 2 amide bonds. The standard InChI is InChI=1S/C17H23N5O/c1-13(10-18-17(23)19-11-16-6-8-20-21-16)22-9-7-14-4-2-3-5-15(14)12-22/h2-6,8,13H,7,9-12H2,1H3,(H,20,21)(H2,18,19,23). The van der Waals surface area contributed by atoms with Gasteiger partial charge in [0.15, 0.2) is 0 Å². The van der Waals surface area contributed by atoms with Crippen LogP contribution in [0.4, 0.5) is 4.79 Å². The Labute approximate surface area is 136 Å². The van der Waals surface area contributed by atoms with Crippen molar-refractivity contribution in [3.8, 4) is 0 Å². The first-order valence-corrected chi connectivity index (χ1v) is 8.03. The van der Waals surface area contributed by atoms with Crippen LogP contribution in [-0.2, 0) is 19.5 Å². The Hall–Kier alpha value is -2.34. The van der Waals surface area contributed by atoms with Crippen LogP contribution in [0.1, 0.15) is 23.7 Å². The summed E-state index contributed by atoms with van der Waals surface area (Å²) >= 11 is 0. The lowest BCUT2D eigenvalue weighted by Gasteiger charge is -2.33. The normalized spacial score (nSPS) is 15.7. The van der Waals surface area contributed by atoms with Gasteiger partial charge in [-0.3, -0.25) is 10.00 Å². The fraction of sp³-hybridized carbons (Fsp3) is 0.412. The fourth-order valence-electron chi connectivity index (χ4n) is 2.88. The van der Waals surface area contributed by atoms with Crippen LogP contribution in [-0.4, -0.2) is 40.3 Å². The maximum atomic E-state index is 11.8. The zero-order valence-electron chi connectivity index (χ0n) is 13.4. The molecule has 0 saturated carbocycles. The number of amides is 2. The molecule has 6 heteroatoms. The minimum Gasteiger partial charge on any atom is -0.337 e. The van der Waals surface area contributed by atoms with Gasteiger partial charge >= 0.3 is 6.03 Å². The Balaban J connectivity index is 1.43. The van der Waals surface area contributed by atoms with Gasteiger partial charge in [-0.1, -0.05) is 24.3 Å². The number of carbonyl (C=O) groups is 1. The molecule has 3 N–H and O–H groups in total. The smallest absolute Gasteiger partial charge is 0.315 e. The summed E-state index contributed by atoms with van der Waals surface area (Å²) in [7, 11) is 0. The summed E-state index contributed by atoms with van der Waals surface area (Å²) < 4.78 is 0. The molecule has 2 heterocycles. The highest BCUT2D eigenvalue weighted by Gasteiger charge is 2.20. The molecule has 3 rings (SSSR count). The topological polar surface area (TPSA) is 73.0 Å². The van der Waals surface area contributed by atoms with Crippen LogP contribution in [0.2, 0.25) is 0 Å². The molecular weight excluding hydrogens is 290 g/mol. The Morgan fingerprint density at radius 2 is 2.13 bits per heavy atom. The van der Waals surface area contributed by atoms with Crippen LogP contribution in [0.5, 0.6) is 0 Å². The molecule has 1 aliphatic heterocycles. The van der Waals surface area contributed by atoms with E-state index in [4.69, 9.17) is 0 Å². The zero-order chi connectivity index (χ0) is 16.1. The van der Waals surface area contributed by atoms with Gasteiger partial charge in [-0.2, -0.15) is 5.10 Å². The number of benzene rings is 1. The molecule has 1 atom stereocenters. The highest BCUT2D eigenvalue weighted by Crippen LogP contribution is 2.19. The maximum Gasteiger partial charge on any atom is 0.315 e. The van der Waals surface area contributed by atoms with Crippen LogP contribution in [0.25, 0.3) is 0 Å². The minimum absolute atomic E-state index is 0.149. The van der Waals surface area contributed by atoms with Gasteiger partial charge in [0.1, 0.15) is 0 Å². The van der Waals surface area contributed by atoms with Crippen LogP contribution >= 0.6 is 0 Å². The molecule has 23 heavy (non-hydrogen) atoms. The summed E-state index contributed by atoms with van der Waals surface area (Å²) in [6, 6.07) is 10.6. The largest absolute Gasteiger partial charge is 0.337 e. The number of aromatic nitrogens is 2. The average Bonchev–Trinajstić information content (AvgIpc) is 3.11. The molecule has 0 aliphatic carbocycles. The predicted octanol–water partition coefficient (Wildman–Crippen LogP) is 1.66. The zero-order valence-corrected chi connectivity index (χ0v) is 13.4. The lowest BCUT2D eigenvalue weighted by molar-refractivity contribution is 0.185. The molecule has 0 bridgehead atoms. The first-order chi connectivity index (χ1) is 11.2. The van der Waals surface area contributed by atoms with E-state index < -0.39 is 0 Å². The molecule has 1 aromatic carbocycles. The Morgan fingerprint density at radius 1 is 1.30 bits per heavy atom. The van der Waals surface area contributed by atoms with Crippen molar-refractivity contribution in [3.63, 3.8) is 0 Å². The van der Waals surface area contributed by atoms with Crippen molar-refractivity contribution in [2.75, 3.05) is 13.1 Å². The van der Waals surface area contributed by atoms with Crippen molar-refractivity contribution in [3.05, 3.63) is 53.3 Å². The second-order valence-corrected chi connectivity index (χ2v) is 5.98. The molecule has 1 aromatic heterocycles. The van der Waals surface area contributed by atoms with E-state index >= 15 is 0 Å². The third-order valence-corrected chi connectivity index (χ3v) is 4.34. The Morgan fingerprint density at radius 3 is 2.91 bits per heavy atom. The lowest BCUT2D eigenvalue weighted by Crippen LogP contribution is -2.46. The molecule has 2 aromatic rings. The average molecular weight is 313 g/mol. The number of nitrogens with zero attached hydrogens (tertiary/aromatic N) is 2. The first kappa shape index (κ1) is 15.6. The Bertz CT molecular complexity index is 640. The summed E-state index contributed by atoms with van der Waals surface area (Å²) in [5.74, 6) is 0. The molecule has 122 valence electrons. The van der Waals surface area contributed by atoms with Crippen molar-refractivity contribution >= 4 is 6.03 Å². The van der Waals surface area contributed by atoms with Crippen molar-refractivity contribution in [1.29, 1.82) is 0 Å². The van der Waals surface area contributed by atoms with Gasteiger partial charge in [0, 0.05) is 31.9 Å². The molecule has 0 radical (unpaired) electrons. The lowest BCUT2D eigenvalue weighted by atomic mass is 9.99. The summed E-state index contributed by atoms with van der Waals surface area (Å²) in [6.07, 6.45) is 2.75. The highest BCUT2D eigenvalue weighted by atomic mass is 16.2. The number of fused-ring (bicyclic) bond motifs is 1. The molecule has 6 nitrogen and oxygen atoms in total. The van der Waals surface area contributed by atoms with E-state index in [2.05, 4.69) is 56.9 Å². The van der Waals surface area contributed by atoms with Gasteiger partial charge in [0.25, 0.3) is 0 Å². The summed E-state index contributed by atoms with van der Waals surface area (Å²) in [5.41, 5.74) is 3.73. The summed E-state index contributed by atoms with van der Waals surface area (Å²) in [5, 5.41) is 12.4. The second kappa shape index (κ2) is 7.28. The van der Waals surface area contributed by atoms with E-state index in [1.807, 2.05) is 6.07 Å². The minimum atomic E-state index is -0.149. The molecule has 1 unspecified atom stereocenters. The monoisotopic (exact) mass is 313 g/mol. The number of urea groups is 1. The van der Waals surface area contributed by atoms with Crippen LogP contribution in [0.3, 0.4) is 0 Å². The number of hydrogen-bond acceptors (Lipinski definition) is 3. The van der Waals surface area contributed by atoms with E-state index in [-0.39, 0.29) is 6.03 Å². The van der Waals surface area contributed by atoms with Crippen molar-refractivity contribution in [1.82, 2.24) is 25.7 Å². The number of aromatic amines is 1. The van der Waals surface area contributed by atoms with E-state index in [0.29, 0.717) is 19.1 Å². The first-order valence-electron chi connectivity index (χ1n) is 8.03. The molecular formula is C17H23N5O. The number of rotatable bonds is 5. The number of nitrogens with one attached hydrogen (secondary N) is 3. The number of H-pyrrole nitrogens is 1. The van der Waals surface area contributed by atoms with Crippen molar-refractivity contribution < 1.29 is 4.79 Å². The quantitative estimate of drug-likeness (QED) is 0.786. The van der Waals surface area contributed by atoms with Gasteiger partial charge in [0.2, 0.25) is 0 Å². The third kappa shape index (κ3) is 4.10. The van der Waals surface area contributed by atoms with E-state index in [1.165, 1.54) is 11.1 Å². The molecule has 1 aliphatic rings. The maximum absolute atomic E-state index is 11.8. The fourth-order valence-corrected chi connectivity index (χ4v) is 2.88. The van der Waals surface area contributed by atoms with Gasteiger partial charge in [0.05, 0.1) is 12.2 Å².